The Hall–Kier alpha value is -1.51. The first-order valence-corrected chi connectivity index (χ1v) is 7.63. The molecule has 0 heterocycles. The Morgan fingerprint density at radius 1 is 1.20 bits per heavy atom. The molecule has 0 radical (unpaired) electrons. The molecule has 3 nitrogen and oxygen atoms in total. The van der Waals surface area contributed by atoms with Crippen LogP contribution in [0.3, 0.4) is 0 Å². The van der Waals surface area contributed by atoms with Crippen LogP contribution in [0.1, 0.15) is 55.7 Å². The molecule has 0 atom stereocenters. The first-order valence-electron chi connectivity index (χ1n) is 7.63. The first kappa shape index (κ1) is 14.9. The maximum absolute atomic E-state index is 7.53. The third-order valence-corrected chi connectivity index (χ3v) is 4.43. The molecule has 0 aliphatic heterocycles. The highest BCUT2D eigenvalue weighted by atomic mass is 16.5. The van der Waals surface area contributed by atoms with Gasteiger partial charge in [-0.05, 0) is 68.7 Å². The molecule has 1 aromatic rings. The van der Waals surface area contributed by atoms with E-state index >= 15 is 0 Å². The third kappa shape index (κ3) is 3.33. The maximum atomic E-state index is 7.53. The molecule has 0 unspecified atom stereocenters. The van der Waals surface area contributed by atoms with Gasteiger partial charge in [0.05, 0.1) is 6.10 Å². The van der Waals surface area contributed by atoms with Gasteiger partial charge in [-0.25, -0.2) is 0 Å². The average molecular weight is 274 g/mol. The highest BCUT2D eigenvalue weighted by molar-refractivity contribution is 5.95. The van der Waals surface area contributed by atoms with Gasteiger partial charge >= 0.3 is 0 Å². The van der Waals surface area contributed by atoms with Crippen LogP contribution in [0.25, 0.3) is 0 Å². The first-order chi connectivity index (χ1) is 9.51. The number of aryl methyl sites for hydroxylation is 2. The molecule has 1 aliphatic carbocycles. The van der Waals surface area contributed by atoms with Crippen LogP contribution in [0.5, 0.6) is 5.75 Å². The molecule has 20 heavy (non-hydrogen) atoms. The molecule has 1 aromatic carbocycles. The van der Waals surface area contributed by atoms with E-state index in [1.165, 1.54) is 19.3 Å². The Morgan fingerprint density at radius 3 is 2.20 bits per heavy atom. The van der Waals surface area contributed by atoms with Crippen LogP contribution >= 0.6 is 0 Å². The number of hydrogen-bond donors (Lipinski definition) is 2. The van der Waals surface area contributed by atoms with Crippen molar-refractivity contribution in [2.24, 2.45) is 11.7 Å². The number of nitrogens with two attached hydrogens (primary N) is 1. The fraction of sp³-hybridized carbons (Fsp3) is 0.588. The SMILES string of the molecule is CCC1CCC(Oc2c(C)cc(C(=N)N)cc2C)CC1. The summed E-state index contributed by atoms with van der Waals surface area (Å²) in [6, 6.07) is 3.89. The molecule has 0 amide bonds. The molecule has 0 bridgehead atoms. The normalized spacial score (nSPS) is 22.6. The monoisotopic (exact) mass is 274 g/mol. The topological polar surface area (TPSA) is 59.1 Å². The maximum Gasteiger partial charge on any atom is 0.125 e. The fourth-order valence-electron chi connectivity index (χ4n) is 3.12. The van der Waals surface area contributed by atoms with Crippen LogP contribution < -0.4 is 10.5 Å². The zero-order valence-electron chi connectivity index (χ0n) is 12.8. The van der Waals surface area contributed by atoms with Crippen molar-refractivity contribution in [3.63, 3.8) is 0 Å². The highest BCUT2D eigenvalue weighted by Gasteiger charge is 2.22. The van der Waals surface area contributed by atoms with Crippen LogP contribution in [-0.2, 0) is 0 Å². The van der Waals surface area contributed by atoms with Gasteiger partial charge in [0, 0.05) is 5.56 Å². The summed E-state index contributed by atoms with van der Waals surface area (Å²) in [7, 11) is 0. The molecule has 2 rings (SSSR count). The van der Waals surface area contributed by atoms with Crippen LogP contribution in [0.15, 0.2) is 12.1 Å². The summed E-state index contributed by atoms with van der Waals surface area (Å²) in [6.07, 6.45) is 6.52. The molecule has 3 N–H and O–H groups in total. The van der Waals surface area contributed by atoms with E-state index in [1.807, 2.05) is 26.0 Å². The summed E-state index contributed by atoms with van der Waals surface area (Å²) in [5, 5.41) is 7.53. The molecule has 1 aliphatic rings. The van der Waals surface area contributed by atoms with Crippen molar-refractivity contribution in [1.82, 2.24) is 0 Å². The zero-order valence-corrected chi connectivity index (χ0v) is 12.8. The fourth-order valence-corrected chi connectivity index (χ4v) is 3.12. The summed E-state index contributed by atoms with van der Waals surface area (Å²) in [5.74, 6) is 1.98. The Morgan fingerprint density at radius 2 is 1.75 bits per heavy atom. The van der Waals surface area contributed by atoms with Crippen molar-refractivity contribution in [2.75, 3.05) is 0 Å². The van der Waals surface area contributed by atoms with Gasteiger partial charge < -0.3 is 10.5 Å². The van der Waals surface area contributed by atoms with E-state index in [-0.39, 0.29) is 5.84 Å². The minimum Gasteiger partial charge on any atom is -0.490 e. The number of rotatable bonds is 4. The molecule has 0 spiro atoms. The largest absolute Gasteiger partial charge is 0.490 e. The molecule has 1 fully saturated rings. The molecule has 1 saturated carbocycles. The van der Waals surface area contributed by atoms with Gasteiger partial charge in [-0.2, -0.15) is 0 Å². The number of benzene rings is 1. The Labute approximate surface area is 122 Å². The second-order valence-corrected chi connectivity index (χ2v) is 6.02. The van der Waals surface area contributed by atoms with E-state index in [0.29, 0.717) is 6.10 Å². The minimum absolute atomic E-state index is 0.117. The van der Waals surface area contributed by atoms with Crippen molar-refractivity contribution >= 4 is 5.84 Å². The lowest BCUT2D eigenvalue weighted by Crippen LogP contribution is -2.24. The lowest BCUT2D eigenvalue weighted by Gasteiger charge is -2.29. The van der Waals surface area contributed by atoms with Gasteiger partial charge in [-0.3, -0.25) is 5.41 Å². The zero-order chi connectivity index (χ0) is 14.7. The van der Waals surface area contributed by atoms with Gasteiger partial charge in [0.25, 0.3) is 0 Å². The van der Waals surface area contributed by atoms with Crippen LogP contribution in [0.2, 0.25) is 0 Å². The van der Waals surface area contributed by atoms with E-state index < -0.39 is 0 Å². The number of ether oxygens (including phenoxy) is 1. The molecule has 0 saturated heterocycles. The predicted octanol–water partition coefficient (Wildman–Crippen LogP) is 3.94. The Kier molecular flexibility index (Phi) is 4.69. The lowest BCUT2D eigenvalue weighted by molar-refractivity contribution is 0.128. The van der Waals surface area contributed by atoms with Crippen molar-refractivity contribution in [3.05, 3.63) is 28.8 Å². The van der Waals surface area contributed by atoms with Gasteiger partial charge in [0.15, 0.2) is 0 Å². The molecule has 110 valence electrons. The number of nitrogens with one attached hydrogen (secondary N) is 1. The Bertz CT molecular complexity index is 465. The van der Waals surface area contributed by atoms with E-state index in [1.54, 1.807) is 0 Å². The predicted molar refractivity (Wildman–Crippen MR) is 83.6 cm³/mol. The number of nitrogen functional groups attached to an aromatic ring is 1. The quantitative estimate of drug-likeness (QED) is 0.645. The molecule has 0 aromatic heterocycles. The van der Waals surface area contributed by atoms with Crippen LogP contribution in [0, 0.1) is 25.2 Å². The van der Waals surface area contributed by atoms with E-state index in [0.717, 1.165) is 41.2 Å². The van der Waals surface area contributed by atoms with E-state index in [4.69, 9.17) is 15.9 Å². The number of amidine groups is 1. The van der Waals surface area contributed by atoms with Crippen molar-refractivity contribution < 1.29 is 4.74 Å². The minimum atomic E-state index is 0.117. The summed E-state index contributed by atoms with van der Waals surface area (Å²) >= 11 is 0. The van der Waals surface area contributed by atoms with Crippen molar-refractivity contribution in [1.29, 1.82) is 5.41 Å². The summed E-state index contributed by atoms with van der Waals surface area (Å²) in [6.45, 7) is 6.35. The third-order valence-electron chi connectivity index (χ3n) is 4.43. The standard InChI is InChI=1S/C17H26N2O/c1-4-13-5-7-15(8-6-13)20-16-11(2)9-14(17(18)19)10-12(16)3/h9-10,13,15H,4-8H2,1-3H3,(H3,18,19). The second-order valence-electron chi connectivity index (χ2n) is 6.02. The molecular formula is C17H26N2O. The van der Waals surface area contributed by atoms with Gasteiger partial charge in [-0.1, -0.05) is 13.3 Å². The van der Waals surface area contributed by atoms with Gasteiger partial charge in [0.2, 0.25) is 0 Å². The molecular weight excluding hydrogens is 248 g/mol. The van der Waals surface area contributed by atoms with Gasteiger partial charge in [-0.15, -0.1) is 0 Å². The van der Waals surface area contributed by atoms with Crippen molar-refractivity contribution in [2.45, 2.75) is 59.0 Å². The second kappa shape index (κ2) is 6.29. The highest BCUT2D eigenvalue weighted by Crippen LogP contribution is 2.32. The van der Waals surface area contributed by atoms with Crippen LogP contribution in [0.4, 0.5) is 0 Å². The summed E-state index contributed by atoms with van der Waals surface area (Å²) < 4.78 is 6.23. The lowest BCUT2D eigenvalue weighted by atomic mass is 9.86. The molecule has 3 heteroatoms. The summed E-state index contributed by atoms with van der Waals surface area (Å²) in [5.41, 5.74) is 8.49. The van der Waals surface area contributed by atoms with Crippen molar-refractivity contribution in [3.8, 4) is 5.75 Å². The smallest absolute Gasteiger partial charge is 0.125 e. The summed E-state index contributed by atoms with van der Waals surface area (Å²) in [4.78, 5) is 0. The average Bonchev–Trinajstić information content (AvgIpc) is 2.43. The van der Waals surface area contributed by atoms with E-state index in [2.05, 4.69) is 6.92 Å². The Balaban J connectivity index is 2.08. The number of hydrogen-bond acceptors (Lipinski definition) is 2. The van der Waals surface area contributed by atoms with Crippen LogP contribution in [-0.4, -0.2) is 11.9 Å². The van der Waals surface area contributed by atoms with E-state index in [9.17, 15) is 0 Å². The van der Waals surface area contributed by atoms with Gasteiger partial charge in [0.1, 0.15) is 11.6 Å².